The first kappa shape index (κ1) is 17.0. The minimum absolute atomic E-state index is 0.0126. The average molecular weight is 349 g/mol. The number of hydrogen-bond acceptors (Lipinski definition) is 3. The topological polar surface area (TPSA) is 57.7 Å². The van der Waals surface area contributed by atoms with Gasteiger partial charge in [0, 0.05) is 19.6 Å². The van der Waals surface area contributed by atoms with Gasteiger partial charge in [0.15, 0.2) is 5.78 Å². The molecule has 2 heterocycles. The lowest BCUT2D eigenvalue weighted by atomic mass is 9.81. The average Bonchev–Trinajstić information content (AvgIpc) is 2.79. The molecule has 2 aliphatic heterocycles. The van der Waals surface area contributed by atoms with Crippen molar-refractivity contribution >= 4 is 29.2 Å². The van der Waals surface area contributed by atoms with Crippen LogP contribution in [0.5, 0.6) is 0 Å². The van der Waals surface area contributed by atoms with Crippen molar-refractivity contribution in [3.05, 3.63) is 35.9 Å². The van der Waals surface area contributed by atoms with Gasteiger partial charge in [-0.15, -0.1) is 11.6 Å². The van der Waals surface area contributed by atoms with Crippen molar-refractivity contribution in [2.24, 2.45) is 5.92 Å². The molecule has 5 nitrogen and oxygen atoms in total. The molecule has 2 fully saturated rings. The summed E-state index contributed by atoms with van der Waals surface area (Å²) in [5.74, 6) is -0.901. The van der Waals surface area contributed by atoms with Crippen molar-refractivity contribution < 1.29 is 14.4 Å². The zero-order valence-corrected chi connectivity index (χ0v) is 14.5. The van der Waals surface area contributed by atoms with Crippen molar-refractivity contribution in [1.82, 2.24) is 9.80 Å². The normalized spacial score (nSPS) is 23.2. The molecule has 0 aliphatic carbocycles. The Hall–Kier alpha value is -1.88. The van der Waals surface area contributed by atoms with Crippen molar-refractivity contribution in [3.63, 3.8) is 0 Å². The van der Waals surface area contributed by atoms with E-state index in [0.29, 0.717) is 32.5 Å². The standard InChI is InChI=1S/C18H21ClN2O3/c1-13-16(23)18(7-9-20(10-8-18)15(22)11-19)21(17(13)24)12-14-5-3-2-4-6-14/h2-6,13H,7-12H2,1H3. The highest BCUT2D eigenvalue weighted by Crippen LogP contribution is 2.40. The van der Waals surface area contributed by atoms with E-state index in [4.69, 9.17) is 11.6 Å². The van der Waals surface area contributed by atoms with Gasteiger partial charge in [-0.25, -0.2) is 0 Å². The fourth-order valence-corrected chi connectivity index (χ4v) is 3.98. The molecule has 3 rings (SSSR count). The van der Waals surface area contributed by atoms with E-state index in [1.54, 1.807) is 16.7 Å². The molecule has 128 valence electrons. The maximum Gasteiger partial charge on any atom is 0.237 e. The highest BCUT2D eigenvalue weighted by molar-refractivity contribution is 6.27. The number of nitrogens with zero attached hydrogens (tertiary/aromatic N) is 2. The van der Waals surface area contributed by atoms with E-state index < -0.39 is 11.5 Å². The number of likely N-dealkylation sites (tertiary alicyclic amines) is 2. The molecule has 2 saturated heterocycles. The van der Waals surface area contributed by atoms with Gasteiger partial charge < -0.3 is 9.80 Å². The lowest BCUT2D eigenvalue weighted by Crippen LogP contribution is -2.57. The molecule has 1 atom stereocenters. The summed E-state index contributed by atoms with van der Waals surface area (Å²) in [5.41, 5.74) is 0.224. The number of alkyl halides is 1. The number of piperidine rings is 1. The van der Waals surface area contributed by atoms with Crippen molar-refractivity contribution in [2.75, 3.05) is 19.0 Å². The summed E-state index contributed by atoms with van der Waals surface area (Å²) in [5, 5.41) is 0. The Morgan fingerprint density at radius 3 is 2.42 bits per heavy atom. The Morgan fingerprint density at radius 1 is 1.21 bits per heavy atom. The number of carbonyl (C=O) groups excluding carboxylic acids is 3. The SMILES string of the molecule is CC1C(=O)N(Cc2ccccc2)C2(CCN(C(=O)CCl)CC2)C1=O. The Balaban J connectivity index is 1.85. The first-order chi connectivity index (χ1) is 11.5. The quantitative estimate of drug-likeness (QED) is 0.618. The highest BCUT2D eigenvalue weighted by Gasteiger charge is 2.57. The monoisotopic (exact) mass is 348 g/mol. The third kappa shape index (κ3) is 2.71. The smallest absolute Gasteiger partial charge is 0.237 e. The summed E-state index contributed by atoms with van der Waals surface area (Å²) in [6.45, 7) is 3.04. The number of benzene rings is 1. The summed E-state index contributed by atoms with van der Waals surface area (Å²) in [6.07, 6.45) is 0.967. The van der Waals surface area contributed by atoms with Crippen molar-refractivity contribution in [2.45, 2.75) is 31.8 Å². The lowest BCUT2D eigenvalue weighted by Gasteiger charge is -2.43. The summed E-state index contributed by atoms with van der Waals surface area (Å²) >= 11 is 5.62. The molecule has 0 radical (unpaired) electrons. The van der Waals surface area contributed by atoms with Gasteiger partial charge in [0.1, 0.15) is 11.4 Å². The molecule has 1 spiro atoms. The first-order valence-corrected chi connectivity index (χ1v) is 8.76. The van der Waals surface area contributed by atoms with Crippen LogP contribution in [0.3, 0.4) is 0 Å². The van der Waals surface area contributed by atoms with E-state index in [1.165, 1.54) is 0 Å². The zero-order valence-electron chi connectivity index (χ0n) is 13.7. The number of hydrogen-bond donors (Lipinski definition) is 0. The second-order valence-corrected chi connectivity index (χ2v) is 6.81. The van der Waals surface area contributed by atoms with Crippen LogP contribution in [0.4, 0.5) is 0 Å². The maximum atomic E-state index is 12.8. The maximum absolute atomic E-state index is 12.8. The van der Waals surface area contributed by atoms with Gasteiger partial charge in [0.05, 0.1) is 5.92 Å². The fourth-order valence-electron chi connectivity index (χ4n) is 3.81. The van der Waals surface area contributed by atoms with Crippen LogP contribution >= 0.6 is 11.6 Å². The Morgan fingerprint density at radius 2 is 1.83 bits per heavy atom. The molecule has 1 aromatic carbocycles. The van der Waals surface area contributed by atoms with E-state index in [2.05, 4.69) is 0 Å². The van der Waals surface area contributed by atoms with Crippen LogP contribution in [0.2, 0.25) is 0 Å². The number of ketones is 1. The second kappa shape index (κ2) is 6.55. The van der Waals surface area contributed by atoms with Gasteiger partial charge >= 0.3 is 0 Å². The number of carbonyl (C=O) groups is 3. The minimum Gasteiger partial charge on any atom is -0.341 e. The molecule has 2 amide bonds. The van der Waals surface area contributed by atoms with Gasteiger partial charge in [-0.1, -0.05) is 30.3 Å². The lowest BCUT2D eigenvalue weighted by molar-refractivity contribution is -0.140. The summed E-state index contributed by atoms with van der Waals surface area (Å²) in [4.78, 5) is 40.7. The number of halogens is 1. The Bertz CT molecular complexity index is 653. The van der Waals surface area contributed by atoms with Gasteiger partial charge in [0.25, 0.3) is 0 Å². The molecule has 0 aromatic heterocycles. The number of rotatable bonds is 3. The van der Waals surface area contributed by atoms with E-state index in [0.717, 1.165) is 5.56 Å². The summed E-state index contributed by atoms with van der Waals surface area (Å²) < 4.78 is 0. The van der Waals surface area contributed by atoms with Gasteiger partial charge in [0.2, 0.25) is 11.8 Å². The molecule has 0 saturated carbocycles. The first-order valence-electron chi connectivity index (χ1n) is 8.23. The molecular formula is C18H21ClN2O3. The van der Waals surface area contributed by atoms with Crippen molar-refractivity contribution in [3.8, 4) is 0 Å². The molecule has 6 heteroatoms. The van der Waals surface area contributed by atoms with Crippen LogP contribution in [0.25, 0.3) is 0 Å². The molecule has 1 aromatic rings. The van der Waals surface area contributed by atoms with Crippen LogP contribution in [0.15, 0.2) is 30.3 Å². The van der Waals surface area contributed by atoms with Crippen LogP contribution < -0.4 is 0 Å². The summed E-state index contributed by atoms with van der Waals surface area (Å²) in [6, 6.07) is 9.70. The van der Waals surface area contributed by atoms with Gasteiger partial charge in [-0.2, -0.15) is 0 Å². The van der Waals surface area contributed by atoms with Gasteiger partial charge in [-0.05, 0) is 25.3 Å². The molecule has 24 heavy (non-hydrogen) atoms. The Labute approximate surface area is 146 Å². The minimum atomic E-state index is -0.782. The largest absolute Gasteiger partial charge is 0.341 e. The van der Waals surface area contributed by atoms with E-state index in [1.807, 2.05) is 30.3 Å². The molecule has 0 N–H and O–H groups in total. The van der Waals surface area contributed by atoms with Gasteiger partial charge in [-0.3, -0.25) is 14.4 Å². The summed E-state index contributed by atoms with van der Waals surface area (Å²) in [7, 11) is 0. The van der Waals surface area contributed by atoms with Crippen LogP contribution in [-0.4, -0.2) is 51.9 Å². The highest BCUT2D eigenvalue weighted by atomic mass is 35.5. The number of amides is 2. The molecule has 1 unspecified atom stereocenters. The fraction of sp³-hybridized carbons (Fsp3) is 0.500. The van der Waals surface area contributed by atoms with Crippen molar-refractivity contribution in [1.29, 1.82) is 0 Å². The Kier molecular flexibility index (Phi) is 4.63. The third-order valence-electron chi connectivity index (χ3n) is 5.25. The van der Waals surface area contributed by atoms with E-state index in [9.17, 15) is 14.4 Å². The predicted molar refractivity (Wildman–Crippen MR) is 90.4 cm³/mol. The van der Waals surface area contributed by atoms with Crippen LogP contribution in [-0.2, 0) is 20.9 Å². The van der Waals surface area contributed by atoms with E-state index in [-0.39, 0.29) is 23.5 Å². The van der Waals surface area contributed by atoms with E-state index >= 15 is 0 Å². The molecule has 0 bridgehead atoms. The zero-order chi connectivity index (χ0) is 17.3. The number of Topliss-reactive ketones (excluding diaryl/α,β-unsaturated/α-hetero) is 1. The second-order valence-electron chi connectivity index (χ2n) is 6.54. The molecular weight excluding hydrogens is 328 g/mol. The predicted octanol–water partition coefficient (Wildman–Crippen LogP) is 1.83. The molecule has 2 aliphatic rings. The van der Waals surface area contributed by atoms with Crippen LogP contribution in [0, 0.1) is 5.92 Å². The third-order valence-corrected chi connectivity index (χ3v) is 5.47. The van der Waals surface area contributed by atoms with Crippen LogP contribution in [0.1, 0.15) is 25.3 Å².